The van der Waals surface area contributed by atoms with Gasteiger partial charge in [0.25, 0.3) is 0 Å². The SMILES string of the molecule is CCCCSc1nc2n(n1)C(c1ccc(OCc3cccc(C)c3)c(OCC)c1)C(C(C)=O)=C(C)N2. The maximum atomic E-state index is 12.8. The number of nitrogens with one attached hydrogen (secondary N) is 1. The van der Waals surface area contributed by atoms with E-state index in [0.29, 0.717) is 41.4 Å². The van der Waals surface area contributed by atoms with Crippen LogP contribution in [0.25, 0.3) is 0 Å². The minimum Gasteiger partial charge on any atom is -0.490 e. The Kier molecular flexibility index (Phi) is 8.36. The molecule has 0 spiro atoms. The number of thioether (sulfide) groups is 1. The van der Waals surface area contributed by atoms with E-state index in [4.69, 9.17) is 19.6 Å². The van der Waals surface area contributed by atoms with E-state index in [0.717, 1.165) is 35.4 Å². The number of aromatic nitrogens is 3. The van der Waals surface area contributed by atoms with Gasteiger partial charge in [0.15, 0.2) is 17.3 Å². The van der Waals surface area contributed by atoms with Crippen LogP contribution in [0, 0.1) is 6.92 Å². The molecule has 4 rings (SSSR count). The van der Waals surface area contributed by atoms with Crippen LogP contribution >= 0.6 is 11.8 Å². The third-order valence-electron chi connectivity index (χ3n) is 6.00. The topological polar surface area (TPSA) is 78.3 Å². The number of nitrogens with zero attached hydrogens (tertiary/aromatic N) is 3. The molecule has 1 N–H and O–H groups in total. The second-order valence-electron chi connectivity index (χ2n) is 8.90. The van der Waals surface area contributed by atoms with E-state index in [9.17, 15) is 4.79 Å². The van der Waals surface area contributed by atoms with Crippen molar-refractivity contribution in [2.45, 2.75) is 65.3 Å². The minimum absolute atomic E-state index is 0.0101. The molecule has 0 radical (unpaired) electrons. The van der Waals surface area contributed by atoms with Crippen LogP contribution < -0.4 is 14.8 Å². The van der Waals surface area contributed by atoms with E-state index in [-0.39, 0.29) is 5.78 Å². The molecule has 1 aromatic heterocycles. The van der Waals surface area contributed by atoms with Gasteiger partial charge in [-0.25, -0.2) is 4.68 Å². The van der Waals surface area contributed by atoms with Gasteiger partial charge in [0.1, 0.15) is 12.6 Å². The van der Waals surface area contributed by atoms with Crippen LogP contribution in [-0.2, 0) is 11.4 Å². The molecule has 0 saturated carbocycles. The van der Waals surface area contributed by atoms with Crippen molar-refractivity contribution in [1.82, 2.24) is 14.8 Å². The van der Waals surface area contributed by atoms with Gasteiger partial charge >= 0.3 is 0 Å². The monoisotopic (exact) mass is 506 g/mol. The predicted octanol–water partition coefficient (Wildman–Crippen LogP) is 6.33. The van der Waals surface area contributed by atoms with Gasteiger partial charge in [0.05, 0.1) is 6.61 Å². The van der Waals surface area contributed by atoms with Crippen molar-refractivity contribution in [3.8, 4) is 11.5 Å². The van der Waals surface area contributed by atoms with Gasteiger partial charge in [-0.1, -0.05) is 61.0 Å². The fourth-order valence-corrected chi connectivity index (χ4v) is 5.22. The number of benzene rings is 2. The average molecular weight is 507 g/mol. The Labute approximate surface area is 217 Å². The van der Waals surface area contributed by atoms with Gasteiger partial charge in [-0.05, 0) is 57.4 Å². The number of allylic oxidation sites excluding steroid dienone is 2. The zero-order chi connectivity index (χ0) is 25.7. The Morgan fingerprint density at radius 3 is 2.67 bits per heavy atom. The summed E-state index contributed by atoms with van der Waals surface area (Å²) in [7, 11) is 0. The second kappa shape index (κ2) is 11.6. The maximum Gasteiger partial charge on any atom is 0.227 e. The summed E-state index contributed by atoms with van der Waals surface area (Å²) < 4.78 is 13.9. The predicted molar refractivity (Wildman–Crippen MR) is 144 cm³/mol. The van der Waals surface area contributed by atoms with Crippen LogP contribution in [0.4, 0.5) is 5.95 Å². The summed E-state index contributed by atoms with van der Waals surface area (Å²) in [6.07, 6.45) is 2.22. The molecule has 7 nitrogen and oxygen atoms in total. The standard InChI is InChI=1S/C28H34N4O3S/c1-6-8-14-36-28-30-27-29-19(4)25(20(5)33)26(32(27)31-28)22-12-13-23(24(16-22)34-7-2)35-17-21-11-9-10-18(3)15-21/h9-13,15-16,26H,6-8,14,17H2,1-5H3,(H,29,30,31). The molecule has 36 heavy (non-hydrogen) atoms. The van der Waals surface area contributed by atoms with Crippen molar-refractivity contribution < 1.29 is 14.3 Å². The summed E-state index contributed by atoms with van der Waals surface area (Å²) in [5, 5.41) is 8.76. The van der Waals surface area contributed by atoms with E-state index in [1.807, 2.05) is 48.9 Å². The first kappa shape index (κ1) is 25.8. The molecule has 3 aromatic rings. The van der Waals surface area contributed by atoms with Crippen molar-refractivity contribution in [2.75, 3.05) is 17.7 Å². The number of ketones is 1. The van der Waals surface area contributed by atoms with Gasteiger partial charge in [-0.15, -0.1) is 5.10 Å². The molecule has 2 heterocycles. The van der Waals surface area contributed by atoms with Gasteiger partial charge in [-0.3, -0.25) is 4.79 Å². The number of carbonyl (C=O) groups excluding carboxylic acids is 1. The second-order valence-corrected chi connectivity index (χ2v) is 9.97. The lowest BCUT2D eigenvalue weighted by Gasteiger charge is -2.28. The summed E-state index contributed by atoms with van der Waals surface area (Å²) >= 11 is 1.63. The first-order valence-electron chi connectivity index (χ1n) is 12.4. The third-order valence-corrected chi connectivity index (χ3v) is 6.93. The molecule has 0 aliphatic carbocycles. The van der Waals surface area contributed by atoms with Crippen molar-refractivity contribution in [3.63, 3.8) is 0 Å². The molecular weight excluding hydrogens is 472 g/mol. The van der Waals surface area contributed by atoms with Crippen LogP contribution in [-0.4, -0.2) is 32.9 Å². The zero-order valence-corrected chi connectivity index (χ0v) is 22.4. The molecule has 8 heteroatoms. The third kappa shape index (κ3) is 5.75. The molecule has 1 unspecified atom stereocenters. The van der Waals surface area contributed by atoms with Crippen LogP contribution in [0.1, 0.15) is 63.3 Å². The fraction of sp³-hybridized carbons (Fsp3) is 0.393. The Hall–Kier alpha value is -3.26. The van der Waals surface area contributed by atoms with E-state index in [1.54, 1.807) is 18.7 Å². The number of carbonyl (C=O) groups is 1. The first-order valence-corrected chi connectivity index (χ1v) is 13.4. The average Bonchev–Trinajstić information content (AvgIpc) is 3.24. The summed E-state index contributed by atoms with van der Waals surface area (Å²) in [5.41, 5.74) is 4.63. The quantitative estimate of drug-likeness (QED) is 0.240. The summed E-state index contributed by atoms with van der Waals surface area (Å²) in [6, 6.07) is 13.7. The number of hydrogen-bond acceptors (Lipinski definition) is 7. The van der Waals surface area contributed by atoms with Gasteiger partial charge in [0, 0.05) is 17.0 Å². The Bertz CT molecular complexity index is 1270. The Morgan fingerprint density at radius 2 is 1.94 bits per heavy atom. The Morgan fingerprint density at radius 1 is 1.11 bits per heavy atom. The van der Waals surface area contributed by atoms with Crippen LogP contribution in [0.5, 0.6) is 11.5 Å². The number of Topliss-reactive ketones (excluding diaryl/α,β-unsaturated/α-hetero) is 1. The van der Waals surface area contributed by atoms with Crippen molar-refractivity contribution in [1.29, 1.82) is 0 Å². The number of anilines is 1. The van der Waals surface area contributed by atoms with Crippen LogP contribution in [0.15, 0.2) is 58.9 Å². The van der Waals surface area contributed by atoms with Crippen LogP contribution in [0.2, 0.25) is 0 Å². The first-order chi connectivity index (χ1) is 17.4. The van der Waals surface area contributed by atoms with Crippen molar-refractivity contribution in [2.24, 2.45) is 0 Å². The minimum atomic E-state index is -0.406. The number of fused-ring (bicyclic) bond motifs is 1. The van der Waals surface area contributed by atoms with Gasteiger partial charge in [-0.2, -0.15) is 4.98 Å². The number of aryl methyl sites for hydroxylation is 1. The number of hydrogen-bond donors (Lipinski definition) is 1. The highest BCUT2D eigenvalue weighted by molar-refractivity contribution is 7.99. The molecule has 190 valence electrons. The molecule has 1 atom stereocenters. The van der Waals surface area contributed by atoms with E-state index < -0.39 is 6.04 Å². The Balaban J connectivity index is 1.68. The normalized spacial score (nSPS) is 14.9. The molecule has 1 aliphatic heterocycles. The molecule has 1 aliphatic rings. The van der Waals surface area contributed by atoms with Crippen molar-refractivity contribution in [3.05, 3.63) is 70.4 Å². The van der Waals surface area contributed by atoms with Gasteiger partial charge < -0.3 is 14.8 Å². The van der Waals surface area contributed by atoms with E-state index >= 15 is 0 Å². The molecule has 0 saturated heterocycles. The number of ether oxygens (including phenoxy) is 2. The van der Waals surface area contributed by atoms with Gasteiger partial charge in [0.2, 0.25) is 11.1 Å². The molecule has 2 aromatic carbocycles. The summed E-state index contributed by atoms with van der Waals surface area (Å²) in [5.74, 6) is 2.89. The lowest BCUT2D eigenvalue weighted by molar-refractivity contribution is -0.114. The lowest BCUT2D eigenvalue weighted by Crippen LogP contribution is -2.27. The maximum absolute atomic E-state index is 12.8. The summed E-state index contributed by atoms with van der Waals surface area (Å²) in [4.78, 5) is 17.5. The highest BCUT2D eigenvalue weighted by Crippen LogP contribution is 2.40. The molecule has 0 fully saturated rings. The highest BCUT2D eigenvalue weighted by Gasteiger charge is 2.33. The highest BCUT2D eigenvalue weighted by atomic mass is 32.2. The van der Waals surface area contributed by atoms with E-state index in [2.05, 4.69) is 31.3 Å². The number of rotatable bonds is 11. The largest absolute Gasteiger partial charge is 0.490 e. The van der Waals surface area contributed by atoms with E-state index in [1.165, 1.54) is 5.56 Å². The van der Waals surface area contributed by atoms with Crippen LogP contribution in [0.3, 0.4) is 0 Å². The zero-order valence-electron chi connectivity index (χ0n) is 21.6. The molecular formula is C28H34N4O3S. The smallest absolute Gasteiger partial charge is 0.227 e. The molecule has 0 amide bonds. The molecule has 0 bridgehead atoms. The summed E-state index contributed by atoms with van der Waals surface area (Å²) in [6.45, 7) is 10.6. The lowest BCUT2D eigenvalue weighted by atomic mass is 9.93. The van der Waals surface area contributed by atoms with Crippen molar-refractivity contribution >= 4 is 23.5 Å². The fourth-order valence-electron chi connectivity index (χ4n) is 4.31. The number of unbranched alkanes of at least 4 members (excludes halogenated alkanes) is 1.